The van der Waals surface area contributed by atoms with Gasteiger partial charge in [0.25, 0.3) is 0 Å². The molecule has 1 heterocycles. The van der Waals surface area contributed by atoms with Crippen LogP contribution in [-0.4, -0.2) is 76.8 Å². The minimum Gasteiger partial charge on any atom is -0.497 e. The van der Waals surface area contributed by atoms with Gasteiger partial charge < -0.3 is 39.4 Å². The van der Waals surface area contributed by atoms with Crippen LogP contribution < -0.4 is 9.47 Å². The first-order chi connectivity index (χ1) is 14.8. The zero-order chi connectivity index (χ0) is 22.5. The number of aromatic carboxylic acids is 1. The number of carboxylic acid groups (broad SMARTS) is 1. The van der Waals surface area contributed by atoms with Crippen molar-refractivity contribution in [3.63, 3.8) is 0 Å². The van der Waals surface area contributed by atoms with Gasteiger partial charge in [-0.05, 0) is 30.3 Å². The molecule has 1 fully saturated rings. The maximum absolute atomic E-state index is 12.1. The van der Waals surface area contributed by atoms with Crippen molar-refractivity contribution in [2.24, 2.45) is 0 Å². The van der Waals surface area contributed by atoms with E-state index in [-0.39, 0.29) is 22.6 Å². The van der Waals surface area contributed by atoms with Gasteiger partial charge in [0, 0.05) is 0 Å². The lowest BCUT2D eigenvalue weighted by atomic mass is 9.99. The maximum atomic E-state index is 12.1. The Hall–Kier alpha value is -3.18. The highest BCUT2D eigenvalue weighted by molar-refractivity contribution is 5.91. The number of rotatable bonds is 7. The van der Waals surface area contributed by atoms with Crippen molar-refractivity contribution in [2.75, 3.05) is 13.7 Å². The average molecular weight is 434 g/mol. The molecule has 0 unspecified atom stereocenters. The Balaban J connectivity index is 1.73. The van der Waals surface area contributed by atoms with Gasteiger partial charge in [-0.15, -0.1) is 0 Å². The van der Waals surface area contributed by atoms with E-state index in [0.29, 0.717) is 0 Å². The number of hydrogen-bond donors (Lipinski definition) is 4. The van der Waals surface area contributed by atoms with Crippen molar-refractivity contribution in [1.29, 1.82) is 0 Å². The third kappa shape index (κ3) is 5.12. The number of carbonyl (C=O) groups is 2. The van der Waals surface area contributed by atoms with Gasteiger partial charge in [0.1, 0.15) is 48.1 Å². The van der Waals surface area contributed by atoms with Gasteiger partial charge in [-0.3, -0.25) is 0 Å². The lowest BCUT2D eigenvalue weighted by Crippen LogP contribution is -2.60. The summed E-state index contributed by atoms with van der Waals surface area (Å²) in [6.45, 7) is -0.438. The molecule has 2 aromatic rings. The highest BCUT2D eigenvalue weighted by atomic mass is 16.7. The SMILES string of the molecule is COc1ccc(O[C@@H]2O[C@H](COC(=O)c3ccccc3)[C@@H](O)[C@H](O)[C@H]2O)c(C(=O)O)c1. The van der Waals surface area contributed by atoms with Crippen LogP contribution in [0.1, 0.15) is 20.7 Å². The van der Waals surface area contributed by atoms with Crippen molar-refractivity contribution >= 4 is 11.9 Å². The van der Waals surface area contributed by atoms with Crippen LogP contribution in [0.25, 0.3) is 0 Å². The van der Waals surface area contributed by atoms with Crippen LogP contribution in [-0.2, 0) is 9.47 Å². The van der Waals surface area contributed by atoms with Crippen molar-refractivity contribution in [1.82, 2.24) is 0 Å². The Morgan fingerprint density at radius 1 is 1.00 bits per heavy atom. The lowest BCUT2D eigenvalue weighted by Gasteiger charge is -2.40. The largest absolute Gasteiger partial charge is 0.497 e. The van der Waals surface area contributed by atoms with Crippen LogP contribution in [0.15, 0.2) is 48.5 Å². The van der Waals surface area contributed by atoms with Crippen LogP contribution in [0, 0.1) is 0 Å². The lowest BCUT2D eigenvalue weighted by molar-refractivity contribution is -0.277. The Labute approximate surface area is 177 Å². The van der Waals surface area contributed by atoms with E-state index < -0.39 is 49.3 Å². The summed E-state index contributed by atoms with van der Waals surface area (Å²) in [5.74, 6) is -1.86. The monoisotopic (exact) mass is 434 g/mol. The first-order valence-electron chi connectivity index (χ1n) is 9.31. The van der Waals surface area contributed by atoms with Gasteiger partial charge in [0.15, 0.2) is 0 Å². The Morgan fingerprint density at radius 2 is 1.71 bits per heavy atom. The predicted molar refractivity (Wildman–Crippen MR) is 104 cm³/mol. The third-order valence-corrected chi connectivity index (χ3v) is 4.72. The minimum absolute atomic E-state index is 0.152. The summed E-state index contributed by atoms with van der Waals surface area (Å²) in [7, 11) is 1.37. The van der Waals surface area contributed by atoms with Crippen LogP contribution >= 0.6 is 0 Å². The summed E-state index contributed by atoms with van der Waals surface area (Å²) >= 11 is 0. The second-order valence-corrected chi connectivity index (χ2v) is 6.76. The molecule has 0 radical (unpaired) electrons. The van der Waals surface area contributed by atoms with Crippen molar-refractivity contribution in [2.45, 2.75) is 30.7 Å². The highest BCUT2D eigenvalue weighted by Gasteiger charge is 2.45. The standard InChI is InChI=1S/C21H22O10/c1-28-12-7-8-14(13(9-12)19(25)26)30-21-18(24)17(23)16(22)15(31-21)10-29-20(27)11-5-3-2-4-6-11/h2-9,15-18,21-24H,10H2,1H3,(H,25,26)/t15-,16-,17+,18-,21-/m1/s1. The van der Waals surface area contributed by atoms with E-state index in [1.807, 2.05) is 0 Å². The van der Waals surface area contributed by atoms with Gasteiger partial charge in [0.2, 0.25) is 6.29 Å². The fraction of sp³-hybridized carbons (Fsp3) is 0.333. The number of ether oxygens (including phenoxy) is 4. The molecule has 0 aromatic heterocycles. The summed E-state index contributed by atoms with van der Waals surface area (Å²) in [5.41, 5.74) is 0.0216. The maximum Gasteiger partial charge on any atom is 0.339 e. The van der Waals surface area contributed by atoms with Crippen LogP contribution in [0.2, 0.25) is 0 Å². The second kappa shape index (κ2) is 9.75. The van der Waals surface area contributed by atoms with Crippen LogP contribution in [0.3, 0.4) is 0 Å². The molecule has 0 aliphatic carbocycles. The average Bonchev–Trinajstić information content (AvgIpc) is 2.79. The fourth-order valence-corrected chi connectivity index (χ4v) is 3.00. The topological polar surface area (TPSA) is 152 Å². The number of carbonyl (C=O) groups excluding carboxylic acids is 1. The molecule has 5 atom stereocenters. The molecule has 0 bridgehead atoms. The van der Waals surface area contributed by atoms with E-state index in [1.54, 1.807) is 30.3 Å². The summed E-state index contributed by atoms with van der Waals surface area (Å²) < 4.78 is 21.1. The van der Waals surface area contributed by atoms with E-state index in [0.717, 1.165) is 0 Å². The van der Waals surface area contributed by atoms with Crippen LogP contribution in [0.5, 0.6) is 11.5 Å². The number of benzene rings is 2. The van der Waals surface area contributed by atoms with Gasteiger partial charge in [-0.25, -0.2) is 9.59 Å². The molecule has 10 heteroatoms. The Morgan fingerprint density at radius 3 is 2.35 bits per heavy atom. The van der Waals surface area contributed by atoms with E-state index >= 15 is 0 Å². The molecule has 3 rings (SSSR count). The molecule has 0 saturated carbocycles. The fourth-order valence-electron chi connectivity index (χ4n) is 3.00. The van der Waals surface area contributed by atoms with Crippen molar-refractivity contribution in [3.05, 3.63) is 59.7 Å². The number of aliphatic hydroxyl groups is 3. The molecule has 166 valence electrons. The molecular formula is C21H22O10. The molecule has 1 saturated heterocycles. The highest BCUT2D eigenvalue weighted by Crippen LogP contribution is 2.29. The van der Waals surface area contributed by atoms with E-state index in [9.17, 15) is 30.0 Å². The molecular weight excluding hydrogens is 412 g/mol. The number of hydrogen-bond acceptors (Lipinski definition) is 9. The number of aliphatic hydroxyl groups excluding tert-OH is 3. The minimum atomic E-state index is -1.69. The number of methoxy groups -OCH3 is 1. The Bertz CT molecular complexity index is 916. The molecule has 1 aliphatic rings. The first-order valence-corrected chi connectivity index (χ1v) is 9.31. The summed E-state index contributed by atoms with van der Waals surface area (Å²) in [6, 6.07) is 12.1. The van der Waals surface area contributed by atoms with E-state index in [4.69, 9.17) is 18.9 Å². The van der Waals surface area contributed by atoms with E-state index in [1.165, 1.54) is 25.3 Å². The quantitative estimate of drug-likeness (QED) is 0.452. The molecule has 31 heavy (non-hydrogen) atoms. The molecule has 2 aromatic carbocycles. The number of carboxylic acids is 1. The third-order valence-electron chi connectivity index (χ3n) is 4.72. The first kappa shape index (κ1) is 22.5. The molecule has 4 N–H and O–H groups in total. The zero-order valence-electron chi connectivity index (χ0n) is 16.5. The van der Waals surface area contributed by atoms with Crippen molar-refractivity contribution in [3.8, 4) is 11.5 Å². The molecule has 0 amide bonds. The summed E-state index contributed by atoms with van der Waals surface area (Å²) in [6.07, 6.45) is -7.73. The van der Waals surface area contributed by atoms with Gasteiger partial charge in [0.05, 0.1) is 12.7 Å². The van der Waals surface area contributed by atoms with E-state index in [2.05, 4.69) is 0 Å². The van der Waals surface area contributed by atoms with Gasteiger partial charge in [-0.2, -0.15) is 0 Å². The molecule has 0 spiro atoms. The van der Waals surface area contributed by atoms with Crippen LogP contribution in [0.4, 0.5) is 0 Å². The number of esters is 1. The predicted octanol–water partition coefficient (Wildman–Crippen LogP) is 0.437. The van der Waals surface area contributed by atoms with Gasteiger partial charge in [-0.1, -0.05) is 18.2 Å². The molecule has 1 aliphatic heterocycles. The smallest absolute Gasteiger partial charge is 0.339 e. The second-order valence-electron chi connectivity index (χ2n) is 6.76. The van der Waals surface area contributed by atoms with Crippen molar-refractivity contribution < 1.29 is 49.0 Å². The summed E-state index contributed by atoms with van der Waals surface area (Å²) in [4.78, 5) is 23.6. The van der Waals surface area contributed by atoms with Gasteiger partial charge >= 0.3 is 11.9 Å². The Kier molecular flexibility index (Phi) is 7.08. The zero-order valence-corrected chi connectivity index (χ0v) is 16.5. The molecule has 10 nitrogen and oxygen atoms in total. The normalized spacial score (nSPS) is 25.5. The summed E-state index contributed by atoms with van der Waals surface area (Å²) in [5, 5.41) is 40.0.